The summed E-state index contributed by atoms with van der Waals surface area (Å²) in [6, 6.07) is 10.00. The molecular formula is C18H21N5OS2. The van der Waals surface area contributed by atoms with Gasteiger partial charge in [0, 0.05) is 23.7 Å². The van der Waals surface area contributed by atoms with Crippen LogP contribution in [0.2, 0.25) is 0 Å². The molecule has 0 fully saturated rings. The van der Waals surface area contributed by atoms with Gasteiger partial charge in [-0.25, -0.2) is 4.98 Å². The number of rotatable bonds is 7. The number of nitrogens with zero attached hydrogens (tertiary/aromatic N) is 4. The van der Waals surface area contributed by atoms with Gasteiger partial charge in [0.1, 0.15) is 0 Å². The maximum atomic E-state index is 12.4. The number of aromatic nitrogens is 4. The highest BCUT2D eigenvalue weighted by atomic mass is 32.2. The van der Waals surface area contributed by atoms with Crippen molar-refractivity contribution in [2.24, 2.45) is 5.92 Å². The van der Waals surface area contributed by atoms with Crippen LogP contribution in [-0.4, -0.2) is 30.9 Å². The fourth-order valence-electron chi connectivity index (χ4n) is 2.41. The van der Waals surface area contributed by atoms with E-state index in [9.17, 15) is 4.79 Å². The van der Waals surface area contributed by atoms with E-state index in [1.54, 1.807) is 6.20 Å². The normalized spacial score (nSPS) is 12.3. The quantitative estimate of drug-likeness (QED) is 0.616. The first-order valence-corrected chi connectivity index (χ1v) is 10.2. The van der Waals surface area contributed by atoms with Crippen molar-refractivity contribution in [3.63, 3.8) is 0 Å². The third-order valence-corrected chi connectivity index (χ3v) is 5.38. The third kappa shape index (κ3) is 4.50. The van der Waals surface area contributed by atoms with Gasteiger partial charge in [-0.15, -0.1) is 21.5 Å². The van der Waals surface area contributed by atoms with Crippen molar-refractivity contribution in [2.45, 2.75) is 37.7 Å². The molecular weight excluding hydrogens is 366 g/mol. The van der Waals surface area contributed by atoms with Gasteiger partial charge in [-0.05, 0) is 12.8 Å². The van der Waals surface area contributed by atoms with E-state index >= 15 is 0 Å². The molecule has 1 atom stereocenters. The third-order valence-electron chi connectivity index (χ3n) is 3.61. The van der Waals surface area contributed by atoms with Gasteiger partial charge in [0.25, 0.3) is 0 Å². The standard InChI is InChI=1S/C18H21N5OS2/c1-12(2)11-23-15(14-7-5-4-6-8-14)21-22-18(23)26-13(3)16(24)20-17-19-9-10-25-17/h4-10,12-13H,11H2,1-3H3,(H,19,20,24). The highest BCUT2D eigenvalue weighted by molar-refractivity contribution is 8.00. The van der Waals surface area contributed by atoms with Crippen LogP contribution in [0, 0.1) is 5.92 Å². The smallest absolute Gasteiger partial charge is 0.239 e. The fourth-order valence-corrected chi connectivity index (χ4v) is 3.80. The minimum absolute atomic E-state index is 0.0923. The summed E-state index contributed by atoms with van der Waals surface area (Å²) in [5, 5.41) is 14.4. The summed E-state index contributed by atoms with van der Waals surface area (Å²) in [4.78, 5) is 16.5. The van der Waals surface area contributed by atoms with Crippen molar-refractivity contribution in [1.82, 2.24) is 19.7 Å². The Morgan fingerprint density at radius 3 is 2.65 bits per heavy atom. The number of hydrogen-bond donors (Lipinski definition) is 1. The number of hydrogen-bond acceptors (Lipinski definition) is 6. The minimum Gasteiger partial charge on any atom is -0.302 e. The number of nitrogens with one attached hydrogen (secondary N) is 1. The van der Waals surface area contributed by atoms with Crippen molar-refractivity contribution in [1.29, 1.82) is 0 Å². The van der Waals surface area contributed by atoms with Crippen molar-refractivity contribution < 1.29 is 4.79 Å². The van der Waals surface area contributed by atoms with Gasteiger partial charge < -0.3 is 9.88 Å². The number of carbonyl (C=O) groups excluding carboxylic acids is 1. The van der Waals surface area contributed by atoms with Crippen LogP contribution in [0.4, 0.5) is 5.13 Å². The van der Waals surface area contributed by atoms with Crippen LogP contribution >= 0.6 is 23.1 Å². The Kier molecular flexibility index (Phi) is 6.05. The van der Waals surface area contributed by atoms with Gasteiger partial charge in [0.05, 0.1) is 5.25 Å². The van der Waals surface area contributed by atoms with Crippen LogP contribution in [0.25, 0.3) is 11.4 Å². The molecule has 0 aliphatic heterocycles. The van der Waals surface area contributed by atoms with Gasteiger partial charge >= 0.3 is 0 Å². The average Bonchev–Trinajstić information content (AvgIpc) is 3.26. The highest BCUT2D eigenvalue weighted by Gasteiger charge is 2.21. The first-order chi connectivity index (χ1) is 12.5. The Bertz CT molecular complexity index is 846. The molecule has 0 bridgehead atoms. The molecule has 136 valence electrons. The van der Waals surface area contributed by atoms with Crippen LogP contribution in [-0.2, 0) is 11.3 Å². The zero-order chi connectivity index (χ0) is 18.5. The Balaban J connectivity index is 1.80. The molecule has 26 heavy (non-hydrogen) atoms. The Morgan fingerprint density at radius 2 is 2.00 bits per heavy atom. The van der Waals surface area contributed by atoms with Gasteiger partial charge in [-0.1, -0.05) is 55.9 Å². The lowest BCUT2D eigenvalue weighted by Crippen LogP contribution is -2.23. The van der Waals surface area contributed by atoms with E-state index in [-0.39, 0.29) is 11.2 Å². The summed E-state index contributed by atoms with van der Waals surface area (Å²) >= 11 is 2.81. The number of benzene rings is 1. The zero-order valence-electron chi connectivity index (χ0n) is 14.9. The van der Waals surface area contributed by atoms with Gasteiger partial charge in [-0.3, -0.25) is 4.79 Å². The molecule has 6 nitrogen and oxygen atoms in total. The Hall–Kier alpha value is -2.19. The first kappa shape index (κ1) is 18.6. The second-order valence-corrected chi connectivity index (χ2v) is 8.47. The molecule has 0 spiro atoms. The largest absolute Gasteiger partial charge is 0.302 e. The molecule has 1 N–H and O–H groups in total. The number of thiazole rings is 1. The number of carbonyl (C=O) groups is 1. The van der Waals surface area contributed by atoms with Crippen LogP contribution in [0.15, 0.2) is 47.1 Å². The molecule has 0 saturated heterocycles. The van der Waals surface area contributed by atoms with Crippen LogP contribution in [0.3, 0.4) is 0 Å². The van der Waals surface area contributed by atoms with Crippen LogP contribution < -0.4 is 5.32 Å². The summed E-state index contributed by atoms with van der Waals surface area (Å²) in [6.45, 7) is 6.97. The average molecular weight is 388 g/mol. The molecule has 3 aromatic rings. The molecule has 1 aromatic carbocycles. The maximum absolute atomic E-state index is 12.4. The lowest BCUT2D eigenvalue weighted by molar-refractivity contribution is -0.115. The first-order valence-electron chi connectivity index (χ1n) is 8.40. The van der Waals surface area contributed by atoms with Crippen molar-refractivity contribution >= 4 is 34.1 Å². The molecule has 2 heterocycles. The maximum Gasteiger partial charge on any atom is 0.239 e. The summed E-state index contributed by atoms with van der Waals surface area (Å²) in [5.41, 5.74) is 1.02. The summed E-state index contributed by atoms with van der Waals surface area (Å²) in [6.07, 6.45) is 1.67. The van der Waals surface area contributed by atoms with Gasteiger partial charge in [-0.2, -0.15) is 0 Å². The topological polar surface area (TPSA) is 72.7 Å². The second kappa shape index (κ2) is 8.46. The lowest BCUT2D eigenvalue weighted by atomic mass is 10.2. The summed E-state index contributed by atoms with van der Waals surface area (Å²) < 4.78 is 2.10. The lowest BCUT2D eigenvalue weighted by Gasteiger charge is -2.14. The predicted molar refractivity (Wildman–Crippen MR) is 106 cm³/mol. The van der Waals surface area contributed by atoms with E-state index in [2.05, 4.69) is 38.9 Å². The molecule has 1 unspecified atom stereocenters. The SMILES string of the molecule is CC(C)Cn1c(SC(C)C(=O)Nc2nccs2)nnc1-c1ccccc1. The summed E-state index contributed by atoms with van der Waals surface area (Å²) in [5.74, 6) is 1.17. The monoisotopic (exact) mass is 387 g/mol. The molecule has 1 amide bonds. The van der Waals surface area contributed by atoms with Gasteiger partial charge in [0.15, 0.2) is 16.1 Å². The van der Waals surface area contributed by atoms with E-state index in [1.807, 2.05) is 42.6 Å². The van der Waals surface area contributed by atoms with Crippen molar-refractivity contribution in [3.05, 3.63) is 41.9 Å². The van der Waals surface area contributed by atoms with Gasteiger partial charge in [0.2, 0.25) is 5.91 Å². The van der Waals surface area contributed by atoms with Crippen molar-refractivity contribution in [2.75, 3.05) is 5.32 Å². The molecule has 2 aromatic heterocycles. The van der Waals surface area contributed by atoms with Crippen LogP contribution in [0.5, 0.6) is 0 Å². The number of amides is 1. The van der Waals surface area contributed by atoms with E-state index in [0.29, 0.717) is 11.0 Å². The predicted octanol–water partition coefficient (Wildman–Crippen LogP) is 4.18. The van der Waals surface area contributed by atoms with E-state index in [1.165, 1.54) is 23.1 Å². The highest BCUT2D eigenvalue weighted by Crippen LogP contribution is 2.28. The van der Waals surface area contributed by atoms with E-state index in [0.717, 1.165) is 23.1 Å². The minimum atomic E-state index is -0.308. The molecule has 0 saturated carbocycles. The van der Waals surface area contributed by atoms with Crippen molar-refractivity contribution in [3.8, 4) is 11.4 Å². The zero-order valence-corrected chi connectivity index (χ0v) is 16.5. The molecule has 0 aliphatic carbocycles. The number of anilines is 1. The van der Waals surface area contributed by atoms with E-state index in [4.69, 9.17) is 0 Å². The Labute approximate surface area is 161 Å². The number of thioether (sulfide) groups is 1. The molecule has 3 rings (SSSR count). The molecule has 0 radical (unpaired) electrons. The second-order valence-electron chi connectivity index (χ2n) is 6.26. The molecule has 8 heteroatoms. The molecule has 0 aliphatic rings. The van der Waals surface area contributed by atoms with E-state index < -0.39 is 0 Å². The summed E-state index contributed by atoms with van der Waals surface area (Å²) in [7, 11) is 0. The fraction of sp³-hybridized carbons (Fsp3) is 0.333. The Morgan fingerprint density at radius 1 is 1.23 bits per heavy atom. The van der Waals surface area contributed by atoms with Crippen LogP contribution in [0.1, 0.15) is 20.8 Å².